The van der Waals surface area contributed by atoms with E-state index in [4.69, 9.17) is 0 Å². The molecule has 0 radical (unpaired) electrons. The zero-order valence-corrected chi connectivity index (χ0v) is 10.5. The molecule has 0 unspecified atom stereocenters. The summed E-state index contributed by atoms with van der Waals surface area (Å²) in [5.41, 5.74) is 1.33. The van der Waals surface area contributed by atoms with Crippen molar-refractivity contribution < 1.29 is 4.21 Å². The van der Waals surface area contributed by atoms with E-state index in [9.17, 15) is 4.21 Å². The Morgan fingerprint density at radius 3 is 2.50 bits per heavy atom. The molecule has 16 heavy (non-hydrogen) atoms. The van der Waals surface area contributed by atoms with Gasteiger partial charge in [0.25, 0.3) is 0 Å². The van der Waals surface area contributed by atoms with Gasteiger partial charge >= 0.3 is 0 Å². The summed E-state index contributed by atoms with van der Waals surface area (Å²) < 4.78 is 11.2. The van der Waals surface area contributed by atoms with E-state index in [1.165, 1.54) is 5.56 Å². The normalized spacial score (nSPS) is 27.6. The minimum Gasteiger partial charge on any atom is -0.307 e. The summed E-state index contributed by atoms with van der Waals surface area (Å²) in [6.45, 7) is 2.20. The molecule has 1 aliphatic rings. The topological polar surface area (TPSA) is 29.1 Å². The van der Waals surface area contributed by atoms with Crippen LogP contribution < -0.4 is 5.32 Å². The van der Waals surface area contributed by atoms with Gasteiger partial charge in [-0.05, 0) is 25.3 Å². The van der Waals surface area contributed by atoms with Gasteiger partial charge < -0.3 is 5.32 Å². The molecule has 1 aliphatic heterocycles. The highest BCUT2D eigenvalue weighted by atomic mass is 32.2. The predicted molar refractivity (Wildman–Crippen MR) is 68.9 cm³/mol. The van der Waals surface area contributed by atoms with Crippen molar-refractivity contribution in [3.63, 3.8) is 0 Å². The fourth-order valence-electron chi connectivity index (χ4n) is 2.15. The summed E-state index contributed by atoms with van der Waals surface area (Å²) in [5.74, 6) is 1.72. The summed E-state index contributed by atoms with van der Waals surface area (Å²) in [6, 6.07) is 11.4. The molecular formula is C13H19NOS. The van der Waals surface area contributed by atoms with Gasteiger partial charge in [-0.3, -0.25) is 4.21 Å². The Bertz CT molecular complexity index is 342. The Balaban J connectivity index is 1.88. The summed E-state index contributed by atoms with van der Waals surface area (Å²) in [4.78, 5) is 0. The summed E-state index contributed by atoms with van der Waals surface area (Å²) in [6.07, 6.45) is 2.09. The van der Waals surface area contributed by atoms with Crippen LogP contribution in [0.2, 0.25) is 0 Å². The average molecular weight is 237 g/mol. The highest BCUT2D eigenvalue weighted by Crippen LogP contribution is 2.16. The molecule has 1 heterocycles. The molecule has 1 fully saturated rings. The SMILES string of the molecule is C[C@H](NC1CCS(=O)CC1)c1ccccc1. The smallest absolute Gasteiger partial charge is 0.0294 e. The van der Waals surface area contributed by atoms with E-state index in [0.29, 0.717) is 12.1 Å². The van der Waals surface area contributed by atoms with Gasteiger partial charge in [0.15, 0.2) is 0 Å². The first-order valence-electron chi connectivity index (χ1n) is 5.91. The van der Waals surface area contributed by atoms with Gasteiger partial charge in [-0.2, -0.15) is 0 Å². The van der Waals surface area contributed by atoms with Crippen LogP contribution in [0.1, 0.15) is 31.4 Å². The van der Waals surface area contributed by atoms with Crippen molar-refractivity contribution in [2.24, 2.45) is 0 Å². The van der Waals surface area contributed by atoms with Gasteiger partial charge in [0.05, 0.1) is 0 Å². The summed E-state index contributed by atoms with van der Waals surface area (Å²) >= 11 is 0. The van der Waals surface area contributed by atoms with Crippen molar-refractivity contribution >= 4 is 10.8 Å². The lowest BCUT2D eigenvalue weighted by atomic mass is 10.1. The average Bonchev–Trinajstić information content (AvgIpc) is 2.33. The maximum Gasteiger partial charge on any atom is 0.0294 e. The lowest BCUT2D eigenvalue weighted by Gasteiger charge is -2.26. The second kappa shape index (κ2) is 5.60. The first-order valence-corrected chi connectivity index (χ1v) is 7.40. The maximum absolute atomic E-state index is 11.2. The number of rotatable bonds is 3. The van der Waals surface area contributed by atoms with Crippen molar-refractivity contribution in [3.05, 3.63) is 35.9 Å². The largest absolute Gasteiger partial charge is 0.307 e. The second-order valence-corrected chi connectivity index (χ2v) is 6.12. The molecule has 2 nitrogen and oxygen atoms in total. The Hall–Kier alpha value is -0.670. The van der Waals surface area contributed by atoms with Crippen LogP contribution in [0.15, 0.2) is 30.3 Å². The number of nitrogens with one attached hydrogen (secondary N) is 1. The fraction of sp³-hybridized carbons (Fsp3) is 0.538. The number of benzene rings is 1. The molecule has 1 aromatic carbocycles. The van der Waals surface area contributed by atoms with E-state index in [-0.39, 0.29) is 0 Å². The van der Waals surface area contributed by atoms with E-state index in [2.05, 4.69) is 36.5 Å². The Morgan fingerprint density at radius 2 is 1.88 bits per heavy atom. The maximum atomic E-state index is 11.2. The quantitative estimate of drug-likeness (QED) is 0.873. The summed E-state index contributed by atoms with van der Waals surface area (Å²) in [7, 11) is -0.560. The zero-order valence-electron chi connectivity index (χ0n) is 9.69. The molecule has 0 aliphatic carbocycles. The molecule has 0 aromatic heterocycles. The van der Waals surface area contributed by atoms with E-state index in [1.807, 2.05) is 6.07 Å². The van der Waals surface area contributed by atoms with Crippen LogP contribution in [0, 0.1) is 0 Å². The molecule has 88 valence electrons. The van der Waals surface area contributed by atoms with Gasteiger partial charge in [0.1, 0.15) is 0 Å². The standard InChI is InChI=1S/C13H19NOS/c1-11(12-5-3-2-4-6-12)14-13-7-9-16(15)10-8-13/h2-6,11,13-14H,7-10H2,1H3/t11-,13?,16?/m0/s1. The lowest BCUT2D eigenvalue weighted by Crippen LogP contribution is -2.37. The third kappa shape index (κ3) is 3.16. The van der Waals surface area contributed by atoms with Gasteiger partial charge in [-0.15, -0.1) is 0 Å². The predicted octanol–water partition coefficient (Wildman–Crippen LogP) is 2.25. The van der Waals surface area contributed by atoms with Gasteiger partial charge in [0, 0.05) is 34.4 Å². The molecule has 1 saturated heterocycles. The zero-order chi connectivity index (χ0) is 11.4. The summed E-state index contributed by atoms with van der Waals surface area (Å²) in [5, 5.41) is 3.62. The van der Waals surface area contributed by atoms with Crippen molar-refractivity contribution in [2.75, 3.05) is 11.5 Å². The highest BCUT2D eigenvalue weighted by Gasteiger charge is 2.19. The second-order valence-electron chi connectivity index (χ2n) is 4.42. The minimum absolute atomic E-state index is 0.387. The Labute approximate surface area is 99.9 Å². The fourth-order valence-corrected chi connectivity index (χ4v) is 3.45. The van der Waals surface area contributed by atoms with Crippen LogP contribution >= 0.6 is 0 Å². The number of hydrogen-bond donors (Lipinski definition) is 1. The Kier molecular flexibility index (Phi) is 4.13. The van der Waals surface area contributed by atoms with Crippen molar-refractivity contribution in [3.8, 4) is 0 Å². The highest BCUT2D eigenvalue weighted by molar-refractivity contribution is 7.85. The molecule has 3 heteroatoms. The third-order valence-electron chi connectivity index (χ3n) is 3.17. The van der Waals surface area contributed by atoms with Gasteiger partial charge in [-0.1, -0.05) is 30.3 Å². The molecule has 0 spiro atoms. The van der Waals surface area contributed by atoms with Gasteiger partial charge in [0.2, 0.25) is 0 Å². The first-order chi connectivity index (χ1) is 7.75. The van der Waals surface area contributed by atoms with Crippen LogP contribution in [-0.2, 0) is 10.8 Å². The van der Waals surface area contributed by atoms with E-state index in [0.717, 1.165) is 24.3 Å². The van der Waals surface area contributed by atoms with Gasteiger partial charge in [-0.25, -0.2) is 0 Å². The minimum atomic E-state index is -0.560. The molecular weight excluding hydrogens is 218 g/mol. The molecule has 1 N–H and O–H groups in total. The van der Waals surface area contributed by atoms with E-state index >= 15 is 0 Å². The molecule has 2 rings (SSSR count). The third-order valence-corrected chi connectivity index (χ3v) is 4.56. The molecule has 0 amide bonds. The van der Waals surface area contributed by atoms with Crippen LogP contribution in [0.4, 0.5) is 0 Å². The van der Waals surface area contributed by atoms with E-state index in [1.54, 1.807) is 0 Å². The molecule has 0 bridgehead atoms. The first kappa shape index (κ1) is 11.8. The molecule has 1 atom stereocenters. The van der Waals surface area contributed by atoms with Crippen molar-refractivity contribution in [2.45, 2.75) is 31.8 Å². The van der Waals surface area contributed by atoms with Crippen molar-refractivity contribution in [1.29, 1.82) is 0 Å². The number of hydrogen-bond acceptors (Lipinski definition) is 2. The Morgan fingerprint density at radius 1 is 1.25 bits per heavy atom. The van der Waals surface area contributed by atoms with Crippen LogP contribution in [0.5, 0.6) is 0 Å². The van der Waals surface area contributed by atoms with E-state index < -0.39 is 10.8 Å². The van der Waals surface area contributed by atoms with Crippen LogP contribution in [0.25, 0.3) is 0 Å². The monoisotopic (exact) mass is 237 g/mol. The lowest BCUT2D eigenvalue weighted by molar-refractivity contribution is 0.427. The van der Waals surface area contributed by atoms with Crippen molar-refractivity contribution in [1.82, 2.24) is 5.32 Å². The van der Waals surface area contributed by atoms with Crippen LogP contribution in [-0.4, -0.2) is 21.8 Å². The molecule has 0 saturated carbocycles. The van der Waals surface area contributed by atoms with Crippen LogP contribution in [0.3, 0.4) is 0 Å². The molecule has 1 aromatic rings.